The van der Waals surface area contributed by atoms with Crippen molar-refractivity contribution in [2.75, 3.05) is 20.2 Å². The summed E-state index contributed by atoms with van der Waals surface area (Å²) in [6.45, 7) is 0.920. The van der Waals surface area contributed by atoms with Crippen LogP contribution in [0, 0.1) is 0 Å². The van der Waals surface area contributed by atoms with Gasteiger partial charge in [0.05, 0.1) is 18.8 Å². The molecule has 0 saturated carbocycles. The fourth-order valence-electron chi connectivity index (χ4n) is 2.82. The minimum atomic E-state index is -0.948. The molecule has 5 nitrogen and oxygen atoms in total. The molecule has 1 aliphatic rings. The highest BCUT2D eigenvalue weighted by molar-refractivity contribution is 5.67. The van der Waals surface area contributed by atoms with Crippen LogP contribution in [-0.2, 0) is 11.2 Å². The second-order valence-electron chi connectivity index (χ2n) is 5.36. The second-order valence-corrected chi connectivity index (χ2v) is 5.36. The maximum atomic E-state index is 11.0. The maximum Gasteiger partial charge on any atom is 0.407 e. The average molecular weight is 298 g/mol. The molecular weight excluding hydrogens is 280 g/mol. The second kappa shape index (κ2) is 6.15. The molecule has 0 saturated heterocycles. The van der Waals surface area contributed by atoms with Gasteiger partial charge in [0.2, 0.25) is 0 Å². The SMILES string of the molecule is CN(CC1OCCc2c(-c3ccccn3)cccc21)C(=O)O. The monoisotopic (exact) mass is 298 g/mol. The Labute approximate surface area is 129 Å². The van der Waals surface area contributed by atoms with E-state index in [1.54, 1.807) is 13.2 Å². The number of rotatable bonds is 3. The molecule has 0 aliphatic carbocycles. The number of benzene rings is 1. The molecule has 1 aromatic heterocycles. The number of carboxylic acid groups (broad SMARTS) is 1. The first kappa shape index (κ1) is 14.5. The minimum absolute atomic E-state index is 0.228. The van der Waals surface area contributed by atoms with Gasteiger partial charge in [0.15, 0.2) is 0 Å². The Morgan fingerprint density at radius 3 is 2.95 bits per heavy atom. The van der Waals surface area contributed by atoms with Crippen molar-refractivity contribution in [1.82, 2.24) is 9.88 Å². The van der Waals surface area contributed by atoms with Crippen LogP contribution in [-0.4, -0.2) is 41.3 Å². The van der Waals surface area contributed by atoms with E-state index in [9.17, 15) is 4.79 Å². The molecule has 1 atom stereocenters. The molecule has 0 bridgehead atoms. The molecule has 114 valence electrons. The Balaban J connectivity index is 1.97. The summed E-state index contributed by atoms with van der Waals surface area (Å²) in [6, 6.07) is 11.9. The third kappa shape index (κ3) is 2.80. The number of nitrogens with zero attached hydrogens (tertiary/aromatic N) is 2. The van der Waals surface area contributed by atoms with E-state index in [4.69, 9.17) is 9.84 Å². The molecule has 0 fully saturated rings. The molecular formula is C17H18N2O3. The van der Waals surface area contributed by atoms with Crippen LogP contribution in [0.2, 0.25) is 0 Å². The Kier molecular flexibility index (Phi) is 4.06. The highest BCUT2D eigenvalue weighted by Crippen LogP contribution is 2.34. The van der Waals surface area contributed by atoms with E-state index in [-0.39, 0.29) is 6.10 Å². The van der Waals surface area contributed by atoms with Crippen molar-refractivity contribution in [3.05, 3.63) is 53.7 Å². The normalized spacial score (nSPS) is 16.9. The molecule has 1 amide bonds. The van der Waals surface area contributed by atoms with Crippen LogP contribution in [0.4, 0.5) is 4.79 Å². The number of hydrogen-bond donors (Lipinski definition) is 1. The zero-order valence-electron chi connectivity index (χ0n) is 12.4. The van der Waals surface area contributed by atoms with Gasteiger partial charge in [-0.1, -0.05) is 24.3 Å². The molecule has 1 unspecified atom stereocenters. The van der Waals surface area contributed by atoms with Crippen molar-refractivity contribution in [3.8, 4) is 11.3 Å². The number of likely N-dealkylation sites (N-methyl/N-ethyl adjacent to an activating group) is 1. The van der Waals surface area contributed by atoms with Crippen LogP contribution >= 0.6 is 0 Å². The zero-order valence-corrected chi connectivity index (χ0v) is 12.4. The molecule has 0 spiro atoms. The molecule has 3 rings (SSSR count). The number of fused-ring (bicyclic) bond motifs is 1. The van der Waals surface area contributed by atoms with Crippen molar-refractivity contribution in [2.24, 2.45) is 0 Å². The highest BCUT2D eigenvalue weighted by Gasteiger charge is 2.25. The van der Waals surface area contributed by atoms with E-state index >= 15 is 0 Å². The summed E-state index contributed by atoms with van der Waals surface area (Å²) < 4.78 is 5.79. The highest BCUT2D eigenvalue weighted by atomic mass is 16.5. The van der Waals surface area contributed by atoms with Gasteiger partial charge in [-0.25, -0.2) is 4.79 Å². The standard InChI is InChI=1S/C17H18N2O3/c1-19(17(20)21)11-16-14-6-4-5-13(12(14)8-10-22-16)15-7-2-3-9-18-15/h2-7,9,16H,8,10-11H2,1H3,(H,20,21). The Morgan fingerprint density at radius 2 is 2.23 bits per heavy atom. The summed E-state index contributed by atoms with van der Waals surface area (Å²) in [5.41, 5.74) is 4.30. The van der Waals surface area contributed by atoms with Crippen molar-refractivity contribution in [2.45, 2.75) is 12.5 Å². The van der Waals surface area contributed by atoms with Crippen LogP contribution in [0.5, 0.6) is 0 Å². The van der Waals surface area contributed by atoms with Crippen LogP contribution in [0.25, 0.3) is 11.3 Å². The Bertz CT molecular complexity index is 673. The molecule has 2 heterocycles. The fraction of sp³-hybridized carbons (Fsp3) is 0.294. The predicted molar refractivity (Wildman–Crippen MR) is 82.7 cm³/mol. The average Bonchev–Trinajstić information content (AvgIpc) is 2.55. The predicted octanol–water partition coefficient (Wildman–Crippen LogP) is 2.97. The lowest BCUT2D eigenvalue weighted by Crippen LogP contribution is -2.32. The van der Waals surface area contributed by atoms with Crippen LogP contribution in [0.1, 0.15) is 17.2 Å². The summed E-state index contributed by atoms with van der Waals surface area (Å²) in [5, 5.41) is 9.05. The molecule has 5 heteroatoms. The van der Waals surface area contributed by atoms with Crippen molar-refractivity contribution < 1.29 is 14.6 Å². The number of carbonyl (C=O) groups is 1. The van der Waals surface area contributed by atoms with E-state index in [0.717, 1.165) is 23.2 Å². The van der Waals surface area contributed by atoms with Gasteiger partial charge >= 0.3 is 6.09 Å². The quantitative estimate of drug-likeness (QED) is 0.946. The largest absolute Gasteiger partial charge is 0.465 e. The number of amides is 1. The minimum Gasteiger partial charge on any atom is -0.465 e. The zero-order chi connectivity index (χ0) is 15.5. The molecule has 1 N–H and O–H groups in total. The summed E-state index contributed by atoms with van der Waals surface area (Å²) in [7, 11) is 1.56. The first-order valence-corrected chi connectivity index (χ1v) is 7.25. The molecule has 22 heavy (non-hydrogen) atoms. The summed E-state index contributed by atoms with van der Waals surface area (Å²) in [4.78, 5) is 16.7. The topological polar surface area (TPSA) is 62.7 Å². The van der Waals surface area contributed by atoms with Gasteiger partial charge in [0.1, 0.15) is 6.10 Å². The van der Waals surface area contributed by atoms with E-state index in [1.165, 1.54) is 10.5 Å². The number of ether oxygens (including phenoxy) is 1. The van der Waals surface area contributed by atoms with Crippen LogP contribution in [0.3, 0.4) is 0 Å². The first-order chi connectivity index (χ1) is 10.7. The van der Waals surface area contributed by atoms with Gasteiger partial charge in [-0.05, 0) is 29.7 Å². The molecule has 0 radical (unpaired) electrons. The fourth-order valence-corrected chi connectivity index (χ4v) is 2.82. The number of pyridine rings is 1. The smallest absolute Gasteiger partial charge is 0.407 e. The van der Waals surface area contributed by atoms with Gasteiger partial charge in [-0.3, -0.25) is 4.98 Å². The van der Waals surface area contributed by atoms with Crippen LogP contribution < -0.4 is 0 Å². The van der Waals surface area contributed by atoms with E-state index in [1.807, 2.05) is 30.3 Å². The Morgan fingerprint density at radius 1 is 1.36 bits per heavy atom. The van der Waals surface area contributed by atoms with E-state index in [0.29, 0.717) is 13.2 Å². The van der Waals surface area contributed by atoms with Crippen molar-refractivity contribution in [1.29, 1.82) is 0 Å². The lowest BCUT2D eigenvalue weighted by molar-refractivity contribution is 0.0225. The third-order valence-corrected chi connectivity index (χ3v) is 3.94. The number of aromatic nitrogens is 1. The molecule has 1 aromatic carbocycles. The van der Waals surface area contributed by atoms with Gasteiger partial charge in [0, 0.05) is 18.8 Å². The van der Waals surface area contributed by atoms with Gasteiger partial charge in [-0.2, -0.15) is 0 Å². The number of hydrogen-bond acceptors (Lipinski definition) is 3. The summed E-state index contributed by atoms with van der Waals surface area (Å²) in [6.07, 6.45) is 1.42. The van der Waals surface area contributed by atoms with Crippen molar-refractivity contribution >= 4 is 6.09 Å². The van der Waals surface area contributed by atoms with E-state index in [2.05, 4.69) is 11.1 Å². The summed E-state index contributed by atoms with van der Waals surface area (Å²) >= 11 is 0. The van der Waals surface area contributed by atoms with E-state index < -0.39 is 6.09 Å². The lowest BCUT2D eigenvalue weighted by Gasteiger charge is -2.30. The summed E-state index contributed by atoms with van der Waals surface area (Å²) in [5.74, 6) is 0. The third-order valence-electron chi connectivity index (χ3n) is 3.94. The molecule has 2 aromatic rings. The van der Waals surface area contributed by atoms with Gasteiger partial charge < -0.3 is 14.7 Å². The van der Waals surface area contributed by atoms with Gasteiger partial charge in [0.25, 0.3) is 0 Å². The maximum absolute atomic E-state index is 11.0. The molecule has 1 aliphatic heterocycles. The van der Waals surface area contributed by atoms with Crippen molar-refractivity contribution in [3.63, 3.8) is 0 Å². The Hall–Kier alpha value is -2.40. The first-order valence-electron chi connectivity index (χ1n) is 7.25. The van der Waals surface area contributed by atoms with Gasteiger partial charge in [-0.15, -0.1) is 0 Å². The van der Waals surface area contributed by atoms with Crippen LogP contribution in [0.15, 0.2) is 42.6 Å². The lowest BCUT2D eigenvalue weighted by atomic mass is 9.91.